The maximum absolute atomic E-state index is 13.4. The summed E-state index contributed by atoms with van der Waals surface area (Å²) in [4.78, 5) is 32.3. The van der Waals surface area contributed by atoms with E-state index in [-0.39, 0.29) is 22.9 Å². The summed E-state index contributed by atoms with van der Waals surface area (Å²) in [6.45, 7) is 2.27. The van der Waals surface area contributed by atoms with Crippen LogP contribution in [0.4, 0.5) is 0 Å². The number of amides is 1. The monoisotopic (exact) mass is 390 g/mol. The van der Waals surface area contributed by atoms with Crippen LogP contribution in [-0.2, 0) is 6.54 Å². The van der Waals surface area contributed by atoms with Crippen molar-refractivity contribution < 1.29 is 9.21 Å². The third-order valence-electron chi connectivity index (χ3n) is 4.71. The molecule has 1 atom stereocenters. The van der Waals surface area contributed by atoms with Crippen LogP contribution < -0.4 is 5.43 Å². The number of rotatable bonds is 5. The molecular formula is C22H18N2O3S. The lowest BCUT2D eigenvalue weighted by Crippen LogP contribution is -2.35. The molecule has 1 amide bonds. The number of carbonyl (C=O) groups is 1. The molecule has 28 heavy (non-hydrogen) atoms. The van der Waals surface area contributed by atoms with E-state index >= 15 is 0 Å². The Morgan fingerprint density at radius 1 is 1.14 bits per heavy atom. The van der Waals surface area contributed by atoms with E-state index in [4.69, 9.17) is 4.42 Å². The molecule has 0 bridgehead atoms. The number of fused-ring (bicyclic) bond motifs is 1. The zero-order chi connectivity index (χ0) is 19.5. The van der Waals surface area contributed by atoms with Gasteiger partial charge in [-0.3, -0.25) is 9.59 Å². The van der Waals surface area contributed by atoms with Crippen LogP contribution in [-0.4, -0.2) is 15.8 Å². The summed E-state index contributed by atoms with van der Waals surface area (Å²) in [6.07, 6.45) is 2.97. The van der Waals surface area contributed by atoms with Crippen molar-refractivity contribution in [1.29, 1.82) is 0 Å². The Balaban J connectivity index is 1.76. The van der Waals surface area contributed by atoms with Crippen molar-refractivity contribution >= 4 is 28.2 Å². The molecule has 4 aromatic rings. The second-order valence-electron chi connectivity index (χ2n) is 6.42. The minimum atomic E-state index is -0.369. The lowest BCUT2D eigenvalue weighted by Gasteiger charge is -2.28. The molecule has 4 rings (SSSR count). The summed E-state index contributed by atoms with van der Waals surface area (Å²) in [7, 11) is 0. The maximum atomic E-state index is 13.4. The van der Waals surface area contributed by atoms with Crippen molar-refractivity contribution in [3.05, 3.63) is 98.8 Å². The molecule has 2 aromatic heterocycles. The van der Waals surface area contributed by atoms with Crippen LogP contribution in [0.2, 0.25) is 0 Å². The van der Waals surface area contributed by atoms with Crippen molar-refractivity contribution in [2.75, 3.05) is 0 Å². The summed E-state index contributed by atoms with van der Waals surface area (Å²) in [6, 6.07) is 16.4. The predicted molar refractivity (Wildman–Crippen MR) is 109 cm³/mol. The van der Waals surface area contributed by atoms with Gasteiger partial charge in [0.15, 0.2) is 0 Å². The standard InChI is InChI=1S/C22H18N2O3S/c1-15(16-7-3-2-4-8-16)24(13-20-23-11-12-28-20)22(26)18-14-27-19-10-6-5-9-17(19)21(18)25/h2-12,14-15H,13H2,1H3/t15-/m1/s1. The van der Waals surface area contributed by atoms with E-state index in [1.54, 1.807) is 35.4 Å². The number of thiazole rings is 1. The molecule has 140 valence electrons. The highest BCUT2D eigenvalue weighted by Crippen LogP contribution is 2.25. The minimum absolute atomic E-state index is 0.0260. The number of aromatic nitrogens is 1. The van der Waals surface area contributed by atoms with E-state index < -0.39 is 0 Å². The summed E-state index contributed by atoms with van der Waals surface area (Å²) >= 11 is 1.48. The lowest BCUT2D eigenvalue weighted by molar-refractivity contribution is 0.0670. The molecule has 6 heteroatoms. The maximum Gasteiger partial charge on any atom is 0.261 e. The van der Waals surface area contributed by atoms with E-state index in [0.717, 1.165) is 10.6 Å². The summed E-state index contributed by atoms with van der Waals surface area (Å²) in [5.41, 5.74) is 1.15. The van der Waals surface area contributed by atoms with E-state index in [1.165, 1.54) is 17.6 Å². The molecule has 0 saturated heterocycles. The molecule has 5 nitrogen and oxygen atoms in total. The van der Waals surface area contributed by atoms with Gasteiger partial charge >= 0.3 is 0 Å². The quantitative estimate of drug-likeness (QED) is 0.497. The van der Waals surface area contributed by atoms with Gasteiger partial charge in [-0.05, 0) is 24.6 Å². The summed E-state index contributed by atoms with van der Waals surface area (Å²) < 4.78 is 5.56. The van der Waals surface area contributed by atoms with Crippen LogP contribution in [0, 0.1) is 0 Å². The van der Waals surface area contributed by atoms with E-state index in [2.05, 4.69) is 4.98 Å². The normalized spacial score (nSPS) is 12.0. The fraction of sp³-hybridized carbons (Fsp3) is 0.136. The Hall–Kier alpha value is -3.25. The molecule has 0 aliphatic rings. The molecule has 0 fully saturated rings. The van der Waals surface area contributed by atoms with Gasteiger partial charge in [0.2, 0.25) is 5.43 Å². The van der Waals surface area contributed by atoms with Crippen LogP contribution in [0.15, 0.2) is 81.6 Å². The van der Waals surface area contributed by atoms with Crippen LogP contribution in [0.5, 0.6) is 0 Å². The molecule has 0 aliphatic carbocycles. The van der Waals surface area contributed by atoms with Gasteiger partial charge in [-0.15, -0.1) is 11.3 Å². The van der Waals surface area contributed by atoms with Gasteiger partial charge in [0, 0.05) is 11.6 Å². The third-order valence-corrected chi connectivity index (χ3v) is 5.47. The Labute approximate surface area is 165 Å². The molecule has 0 radical (unpaired) electrons. The summed E-state index contributed by atoms with van der Waals surface area (Å²) in [5, 5.41) is 3.08. The third kappa shape index (κ3) is 3.46. The zero-order valence-electron chi connectivity index (χ0n) is 15.2. The Kier molecular flexibility index (Phi) is 5.04. The molecule has 0 aliphatic heterocycles. The van der Waals surface area contributed by atoms with E-state index in [9.17, 15) is 9.59 Å². The van der Waals surface area contributed by atoms with Gasteiger partial charge < -0.3 is 9.32 Å². The first kappa shape index (κ1) is 18.1. The largest absolute Gasteiger partial charge is 0.463 e. The Morgan fingerprint density at radius 3 is 2.64 bits per heavy atom. The SMILES string of the molecule is C[C@H](c1ccccc1)N(Cc1nccs1)C(=O)c1coc2ccccc2c1=O. The van der Waals surface area contributed by atoms with E-state index in [1.807, 2.05) is 42.6 Å². The number of nitrogens with zero attached hydrogens (tertiary/aromatic N) is 2. The van der Waals surface area contributed by atoms with Crippen LogP contribution >= 0.6 is 11.3 Å². The van der Waals surface area contributed by atoms with Crippen LogP contribution in [0.3, 0.4) is 0 Å². The van der Waals surface area contributed by atoms with Crippen LogP contribution in [0.1, 0.15) is 33.9 Å². The van der Waals surface area contributed by atoms with Gasteiger partial charge in [0.05, 0.1) is 18.0 Å². The average molecular weight is 390 g/mol. The molecule has 0 N–H and O–H groups in total. The van der Waals surface area contributed by atoms with Crippen molar-refractivity contribution in [2.45, 2.75) is 19.5 Å². The van der Waals surface area contributed by atoms with Crippen LogP contribution in [0.25, 0.3) is 11.0 Å². The topological polar surface area (TPSA) is 63.4 Å². The second kappa shape index (κ2) is 7.78. The number of hydrogen-bond acceptors (Lipinski definition) is 5. The Bertz CT molecular complexity index is 1150. The van der Waals surface area contributed by atoms with Gasteiger partial charge in [0.1, 0.15) is 22.4 Å². The molecular weight excluding hydrogens is 372 g/mol. The number of carbonyl (C=O) groups excluding carboxylic acids is 1. The number of benzene rings is 2. The smallest absolute Gasteiger partial charge is 0.261 e. The van der Waals surface area contributed by atoms with Crippen molar-refractivity contribution in [3.8, 4) is 0 Å². The Morgan fingerprint density at radius 2 is 1.89 bits per heavy atom. The van der Waals surface area contributed by atoms with Gasteiger partial charge in [-0.25, -0.2) is 4.98 Å². The summed E-state index contributed by atoms with van der Waals surface area (Å²) in [5.74, 6) is -0.369. The first-order chi connectivity index (χ1) is 13.6. The van der Waals surface area contributed by atoms with E-state index in [0.29, 0.717) is 17.5 Å². The van der Waals surface area contributed by atoms with Crippen molar-refractivity contribution in [1.82, 2.24) is 9.88 Å². The van der Waals surface area contributed by atoms with Crippen molar-refractivity contribution in [3.63, 3.8) is 0 Å². The molecule has 2 heterocycles. The fourth-order valence-corrected chi connectivity index (χ4v) is 3.77. The molecule has 0 saturated carbocycles. The lowest BCUT2D eigenvalue weighted by atomic mass is 10.1. The predicted octanol–water partition coefficient (Wildman–Crippen LogP) is 4.65. The zero-order valence-corrected chi connectivity index (χ0v) is 16.1. The number of hydrogen-bond donors (Lipinski definition) is 0. The molecule has 0 unspecified atom stereocenters. The first-order valence-electron chi connectivity index (χ1n) is 8.90. The highest BCUT2D eigenvalue weighted by molar-refractivity contribution is 7.09. The molecule has 2 aromatic carbocycles. The minimum Gasteiger partial charge on any atom is -0.463 e. The fourth-order valence-electron chi connectivity index (χ4n) is 3.15. The highest BCUT2D eigenvalue weighted by atomic mass is 32.1. The average Bonchev–Trinajstić information content (AvgIpc) is 3.25. The number of para-hydroxylation sites is 1. The second-order valence-corrected chi connectivity index (χ2v) is 7.40. The van der Waals surface area contributed by atoms with Gasteiger partial charge in [-0.2, -0.15) is 0 Å². The van der Waals surface area contributed by atoms with Gasteiger partial charge in [-0.1, -0.05) is 42.5 Å². The first-order valence-corrected chi connectivity index (χ1v) is 9.78. The highest BCUT2D eigenvalue weighted by Gasteiger charge is 2.26. The molecule has 0 spiro atoms. The van der Waals surface area contributed by atoms with Crippen molar-refractivity contribution in [2.24, 2.45) is 0 Å². The van der Waals surface area contributed by atoms with Gasteiger partial charge in [0.25, 0.3) is 5.91 Å².